The van der Waals surface area contributed by atoms with Crippen LogP contribution in [0.1, 0.15) is 37.3 Å². The van der Waals surface area contributed by atoms with Gasteiger partial charge in [-0.05, 0) is 24.8 Å². The predicted molar refractivity (Wildman–Crippen MR) is 55.2 cm³/mol. The van der Waals surface area contributed by atoms with Crippen molar-refractivity contribution in [2.24, 2.45) is 11.7 Å². The fourth-order valence-electron chi connectivity index (χ4n) is 2.36. The number of hydrogen-bond donors (Lipinski definition) is 1. The van der Waals surface area contributed by atoms with Gasteiger partial charge in [0, 0.05) is 17.7 Å². The maximum absolute atomic E-state index is 13.4. The van der Waals surface area contributed by atoms with Gasteiger partial charge in [-0.2, -0.15) is 0 Å². The van der Waals surface area contributed by atoms with E-state index in [9.17, 15) is 13.2 Å². The summed E-state index contributed by atoms with van der Waals surface area (Å²) in [6.45, 7) is 0. The van der Waals surface area contributed by atoms with Gasteiger partial charge < -0.3 is 5.73 Å². The molecule has 1 nitrogen and oxygen atoms in total. The third-order valence-corrected chi connectivity index (χ3v) is 3.31. The lowest BCUT2D eigenvalue weighted by Crippen LogP contribution is -2.20. The first-order valence-electron chi connectivity index (χ1n) is 5.49. The lowest BCUT2D eigenvalue weighted by molar-refractivity contribution is 0.419. The summed E-state index contributed by atoms with van der Waals surface area (Å²) >= 11 is 0. The highest BCUT2D eigenvalue weighted by molar-refractivity contribution is 5.24. The van der Waals surface area contributed by atoms with Gasteiger partial charge in [0.05, 0.1) is 0 Å². The van der Waals surface area contributed by atoms with Crippen LogP contribution >= 0.6 is 0 Å². The molecule has 0 spiro atoms. The SMILES string of the molecule is N[C@H](c1cc(F)c(F)cc1F)C1CCCC1. The molecule has 0 amide bonds. The van der Waals surface area contributed by atoms with Gasteiger partial charge in [0.2, 0.25) is 0 Å². The molecular weight excluding hydrogens is 215 g/mol. The van der Waals surface area contributed by atoms with Gasteiger partial charge in [0.25, 0.3) is 0 Å². The molecule has 4 heteroatoms. The van der Waals surface area contributed by atoms with E-state index in [-0.39, 0.29) is 11.5 Å². The molecule has 1 aliphatic carbocycles. The molecule has 1 saturated carbocycles. The normalized spacial score (nSPS) is 19.0. The fourth-order valence-corrected chi connectivity index (χ4v) is 2.36. The Balaban J connectivity index is 2.28. The molecule has 0 bridgehead atoms. The van der Waals surface area contributed by atoms with Crippen LogP contribution in [0.25, 0.3) is 0 Å². The molecule has 0 saturated heterocycles. The molecule has 0 aliphatic heterocycles. The molecule has 0 heterocycles. The molecule has 16 heavy (non-hydrogen) atoms. The van der Waals surface area contributed by atoms with E-state index in [1.165, 1.54) is 0 Å². The average Bonchev–Trinajstić information content (AvgIpc) is 2.75. The molecule has 2 rings (SSSR count). The molecule has 1 fully saturated rings. The number of nitrogens with two attached hydrogens (primary N) is 1. The van der Waals surface area contributed by atoms with E-state index in [0.717, 1.165) is 31.7 Å². The second-order valence-corrected chi connectivity index (χ2v) is 4.36. The van der Waals surface area contributed by atoms with Gasteiger partial charge in [-0.25, -0.2) is 13.2 Å². The maximum atomic E-state index is 13.4. The van der Waals surface area contributed by atoms with Crippen molar-refractivity contribution in [3.05, 3.63) is 35.1 Å². The summed E-state index contributed by atoms with van der Waals surface area (Å²) in [4.78, 5) is 0. The Morgan fingerprint density at radius 1 is 1.00 bits per heavy atom. The monoisotopic (exact) mass is 229 g/mol. The Morgan fingerprint density at radius 2 is 1.56 bits per heavy atom. The summed E-state index contributed by atoms with van der Waals surface area (Å²) < 4.78 is 39.2. The molecule has 2 N–H and O–H groups in total. The number of halogens is 3. The minimum Gasteiger partial charge on any atom is -0.324 e. The first-order chi connectivity index (χ1) is 7.59. The van der Waals surface area contributed by atoms with E-state index in [2.05, 4.69) is 0 Å². The standard InChI is InChI=1S/C12H14F3N/c13-9-6-11(15)10(14)5-8(9)12(16)7-3-1-2-4-7/h5-7,12H,1-4,16H2/t12-/m0/s1. The van der Waals surface area contributed by atoms with Gasteiger partial charge in [0.1, 0.15) is 5.82 Å². The summed E-state index contributed by atoms with van der Waals surface area (Å²) in [6, 6.07) is 0.922. The quantitative estimate of drug-likeness (QED) is 0.774. The van der Waals surface area contributed by atoms with Crippen LogP contribution in [0.4, 0.5) is 13.2 Å². The molecule has 0 unspecified atom stereocenters. The van der Waals surface area contributed by atoms with Gasteiger partial charge in [-0.1, -0.05) is 12.8 Å². The molecule has 1 atom stereocenters. The third-order valence-electron chi connectivity index (χ3n) is 3.31. The van der Waals surface area contributed by atoms with Crippen molar-refractivity contribution in [1.82, 2.24) is 0 Å². The van der Waals surface area contributed by atoms with Crippen molar-refractivity contribution in [1.29, 1.82) is 0 Å². The molecule has 0 radical (unpaired) electrons. The summed E-state index contributed by atoms with van der Waals surface area (Å²) in [5.74, 6) is -2.78. The second kappa shape index (κ2) is 4.45. The molecule has 1 aromatic carbocycles. The summed E-state index contributed by atoms with van der Waals surface area (Å²) in [5.41, 5.74) is 5.98. The largest absolute Gasteiger partial charge is 0.324 e. The van der Waals surface area contributed by atoms with Gasteiger partial charge in [0.15, 0.2) is 11.6 Å². The third kappa shape index (κ3) is 2.07. The summed E-state index contributed by atoms with van der Waals surface area (Å²) in [6.07, 6.45) is 4.01. The number of rotatable bonds is 2. The lowest BCUT2D eigenvalue weighted by atomic mass is 9.92. The topological polar surface area (TPSA) is 26.0 Å². The highest BCUT2D eigenvalue weighted by Crippen LogP contribution is 2.35. The van der Waals surface area contributed by atoms with E-state index in [0.29, 0.717) is 6.07 Å². The fraction of sp³-hybridized carbons (Fsp3) is 0.500. The van der Waals surface area contributed by atoms with E-state index in [4.69, 9.17) is 5.73 Å². The van der Waals surface area contributed by atoms with Crippen LogP contribution in [0, 0.1) is 23.4 Å². The van der Waals surface area contributed by atoms with Crippen molar-refractivity contribution in [3.63, 3.8) is 0 Å². The first kappa shape index (κ1) is 11.5. The zero-order valence-corrected chi connectivity index (χ0v) is 8.85. The zero-order valence-electron chi connectivity index (χ0n) is 8.85. The zero-order chi connectivity index (χ0) is 11.7. The van der Waals surface area contributed by atoms with Gasteiger partial charge in [-0.15, -0.1) is 0 Å². The van der Waals surface area contributed by atoms with Crippen LogP contribution in [-0.4, -0.2) is 0 Å². The molecule has 88 valence electrons. The van der Waals surface area contributed by atoms with Crippen molar-refractivity contribution >= 4 is 0 Å². The Kier molecular flexibility index (Phi) is 3.19. The van der Waals surface area contributed by atoms with Crippen LogP contribution in [-0.2, 0) is 0 Å². The second-order valence-electron chi connectivity index (χ2n) is 4.36. The van der Waals surface area contributed by atoms with Crippen molar-refractivity contribution in [2.45, 2.75) is 31.7 Å². The van der Waals surface area contributed by atoms with Crippen molar-refractivity contribution in [3.8, 4) is 0 Å². The Morgan fingerprint density at radius 3 is 2.19 bits per heavy atom. The van der Waals surface area contributed by atoms with E-state index in [1.54, 1.807) is 0 Å². The van der Waals surface area contributed by atoms with E-state index in [1.807, 2.05) is 0 Å². The Hall–Kier alpha value is -1.03. The minimum atomic E-state index is -1.17. The highest BCUT2D eigenvalue weighted by Gasteiger charge is 2.26. The van der Waals surface area contributed by atoms with E-state index >= 15 is 0 Å². The first-order valence-corrected chi connectivity index (χ1v) is 5.49. The van der Waals surface area contributed by atoms with E-state index < -0.39 is 23.5 Å². The molecule has 1 aliphatic rings. The van der Waals surface area contributed by atoms with Crippen molar-refractivity contribution < 1.29 is 13.2 Å². The summed E-state index contributed by atoms with van der Waals surface area (Å²) in [5, 5.41) is 0. The predicted octanol–water partition coefficient (Wildman–Crippen LogP) is 3.29. The van der Waals surface area contributed by atoms with Crippen molar-refractivity contribution in [2.75, 3.05) is 0 Å². The average molecular weight is 229 g/mol. The highest BCUT2D eigenvalue weighted by atomic mass is 19.2. The van der Waals surface area contributed by atoms with Crippen LogP contribution in [0.3, 0.4) is 0 Å². The van der Waals surface area contributed by atoms with Crippen LogP contribution in [0.5, 0.6) is 0 Å². The van der Waals surface area contributed by atoms with Crippen LogP contribution in [0.15, 0.2) is 12.1 Å². The number of benzene rings is 1. The Bertz CT molecular complexity index is 386. The van der Waals surface area contributed by atoms with Gasteiger partial charge in [-0.3, -0.25) is 0 Å². The molecule has 0 aromatic heterocycles. The van der Waals surface area contributed by atoms with Crippen LogP contribution < -0.4 is 5.73 Å². The lowest BCUT2D eigenvalue weighted by Gasteiger charge is -2.19. The smallest absolute Gasteiger partial charge is 0.161 e. The Labute approximate surface area is 92.5 Å². The molecule has 1 aromatic rings. The minimum absolute atomic E-state index is 0.0887. The number of hydrogen-bond acceptors (Lipinski definition) is 1. The van der Waals surface area contributed by atoms with Gasteiger partial charge >= 0.3 is 0 Å². The molecular formula is C12H14F3N. The summed E-state index contributed by atoms with van der Waals surface area (Å²) in [7, 11) is 0. The van der Waals surface area contributed by atoms with Crippen LogP contribution in [0.2, 0.25) is 0 Å². The maximum Gasteiger partial charge on any atom is 0.161 e.